The number of anilines is 1. The minimum absolute atomic E-state index is 0. The Morgan fingerprint density at radius 3 is 2.96 bits per heavy atom. The molecule has 8 heteroatoms. The zero-order valence-electron chi connectivity index (χ0n) is 14.4. The third-order valence-electron chi connectivity index (χ3n) is 5.19. The van der Waals surface area contributed by atoms with Crippen LogP contribution in [0.1, 0.15) is 25.7 Å². The molecule has 4 rings (SSSR count). The first-order chi connectivity index (χ1) is 11.8. The number of halogens is 1. The van der Waals surface area contributed by atoms with E-state index < -0.39 is 0 Å². The maximum absolute atomic E-state index is 13.1. The van der Waals surface area contributed by atoms with E-state index in [0.717, 1.165) is 61.4 Å². The van der Waals surface area contributed by atoms with Crippen LogP contribution in [0.25, 0.3) is 10.2 Å². The van der Waals surface area contributed by atoms with E-state index in [-0.39, 0.29) is 24.4 Å². The molecular weight excluding hydrogens is 358 g/mol. The van der Waals surface area contributed by atoms with Crippen LogP contribution in [0.4, 0.5) is 5.82 Å². The SMILES string of the molecule is CNC1CCCN(C(=O)C2CCCN2c2ncnc3sccc23)C1.Cl. The molecule has 2 saturated heterocycles. The van der Waals surface area contributed by atoms with E-state index in [1.54, 1.807) is 17.7 Å². The number of amides is 1. The Morgan fingerprint density at radius 1 is 1.28 bits per heavy atom. The summed E-state index contributed by atoms with van der Waals surface area (Å²) in [6.45, 7) is 2.58. The lowest BCUT2D eigenvalue weighted by atomic mass is 10.0. The van der Waals surface area contributed by atoms with Crippen LogP contribution >= 0.6 is 23.7 Å². The molecule has 2 atom stereocenters. The third-order valence-corrected chi connectivity index (χ3v) is 6.01. The number of thiophene rings is 1. The smallest absolute Gasteiger partial charge is 0.245 e. The molecule has 0 spiro atoms. The number of fused-ring (bicyclic) bond motifs is 1. The molecule has 2 unspecified atom stereocenters. The average molecular weight is 382 g/mol. The minimum Gasteiger partial charge on any atom is -0.344 e. The number of carbonyl (C=O) groups excluding carboxylic acids is 1. The first kappa shape index (κ1) is 18.4. The van der Waals surface area contributed by atoms with Crippen molar-refractivity contribution in [2.75, 3.05) is 31.6 Å². The number of rotatable bonds is 3. The van der Waals surface area contributed by atoms with Crippen molar-refractivity contribution >= 4 is 45.7 Å². The third kappa shape index (κ3) is 3.45. The largest absolute Gasteiger partial charge is 0.344 e. The second kappa shape index (κ2) is 7.85. The van der Waals surface area contributed by atoms with Crippen LogP contribution in [-0.2, 0) is 4.79 Å². The van der Waals surface area contributed by atoms with Crippen molar-refractivity contribution in [2.45, 2.75) is 37.8 Å². The number of likely N-dealkylation sites (N-methyl/N-ethyl adjacent to an activating group) is 1. The number of likely N-dealkylation sites (tertiary alicyclic amines) is 1. The molecule has 1 N–H and O–H groups in total. The highest BCUT2D eigenvalue weighted by Crippen LogP contribution is 2.32. The quantitative estimate of drug-likeness (QED) is 0.883. The summed E-state index contributed by atoms with van der Waals surface area (Å²) in [7, 11) is 1.98. The van der Waals surface area contributed by atoms with Crippen LogP contribution < -0.4 is 10.2 Å². The molecule has 6 nitrogen and oxygen atoms in total. The highest BCUT2D eigenvalue weighted by Gasteiger charge is 2.36. The Hall–Kier alpha value is -1.44. The van der Waals surface area contributed by atoms with Crippen LogP contribution in [0.15, 0.2) is 17.8 Å². The molecule has 2 aliphatic heterocycles. The first-order valence-corrected chi connectivity index (χ1v) is 9.57. The average Bonchev–Trinajstić information content (AvgIpc) is 3.29. The molecule has 0 bridgehead atoms. The monoisotopic (exact) mass is 381 g/mol. The van der Waals surface area contributed by atoms with Crippen molar-refractivity contribution in [1.82, 2.24) is 20.2 Å². The highest BCUT2D eigenvalue weighted by atomic mass is 35.5. The second-order valence-electron chi connectivity index (χ2n) is 6.60. The lowest BCUT2D eigenvalue weighted by Crippen LogP contribution is -2.52. The van der Waals surface area contributed by atoms with E-state index in [9.17, 15) is 4.79 Å². The zero-order valence-corrected chi connectivity index (χ0v) is 16.0. The van der Waals surface area contributed by atoms with E-state index in [0.29, 0.717) is 6.04 Å². The van der Waals surface area contributed by atoms with E-state index >= 15 is 0 Å². The fraction of sp³-hybridized carbons (Fsp3) is 0.588. The van der Waals surface area contributed by atoms with Crippen molar-refractivity contribution in [3.8, 4) is 0 Å². The fourth-order valence-corrected chi connectivity index (χ4v) is 4.63. The maximum Gasteiger partial charge on any atom is 0.245 e. The van der Waals surface area contributed by atoms with Gasteiger partial charge < -0.3 is 15.1 Å². The van der Waals surface area contributed by atoms with Crippen molar-refractivity contribution < 1.29 is 4.79 Å². The molecule has 2 aliphatic rings. The molecule has 2 fully saturated rings. The number of nitrogens with one attached hydrogen (secondary N) is 1. The summed E-state index contributed by atoms with van der Waals surface area (Å²) in [5.41, 5.74) is 0. The number of piperidine rings is 1. The van der Waals surface area contributed by atoms with Gasteiger partial charge in [0.25, 0.3) is 0 Å². The van der Waals surface area contributed by atoms with Gasteiger partial charge in [0, 0.05) is 25.7 Å². The van der Waals surface area contributed by atoms with Gasteiger partial charge in [0.1, 0.15) is 23.0 Å². The molecule has 4 heterocycles. The summed E-state index contributed by atoms with van der Waals surface area (Å²) in [6.07, 6.45) is 5.79. The number of carbonyl (C=O) groups is 1. The Morgan fingerprint density at radius 2 is 2.12 bits per heavy atom. The zero-order chi connectivity index (χ0) is 16.5. The molecule has 2 aromatic rings. The Bertz CT molecular complexity index is 739. The van der Waals surface area contributed by atoms with Gasteiger partial charge in [0.05, 0.1) is 5.39 Å². The summed E-state index contributed by atoms with van der Waals surface area (Å²) < 4.78 is 0. The van der Waals surface area contributed by atoms with E-state index in [2.05, 4.69) is 26.3 Å². The molecule has 1 amide bonds. The predicted octanol–water partition coefficient (Wildman–Crippen LogP) is 2.29. The van der Waals surface area contributed by atoms with Gasteiger partial charge >= 0.3 is 0 Å². The number of hydrogen-bond acceptors (Lipinski definition) is 6. The van der Waals surface area contributed by atoms with Gasteiger partial charge in [0.15, 0.2) is 0 Å². The topological polar surface area (TPSA) is 61.4 Å². The predicted molar refractivity (Wildman–Crippen MR) is 104 cm³/mol. The van der Waals surface area contributed by atoms with E-state index in [1.165, 1.54) is 0 Å². The standard InChI is InChI=1S/C17H23N5OS.ClH/c1-18-12-4-2-7-21(10-12)17(23)14-5-3-8-22(14)15-13-6-9-24-16(13)20-11-19-15;/h6,9,11-12,14,18H,2-5,7-8,10H2,1H3;1H. The molecular formula is C17H24ClN5OS. The van der Waals surface area contributed by atoms with Gasteiger partial charge in [0.2, 0.25) is 5.91 Å². The molecule has 25 heavy (non-hydrogen) atoms. The van der Waals surface area contributed by atoms with Crippen molar-refractivity contribution in [1.29, 1.82) is 0 Å². The lowest BCUT2D eigenvalue weighted by Gasteiger charge is -2.36. The normalized spacial score (nSPS) is 23.7. The van der Waals surface area contributed by atoms with Gasteiger partial charge in [-0.2, -0.15) is 0 Å². The number of hydrogen-bond donors (Lipinski definition) is 1. The second-order valence-corrected chi connectivity index (χ2v) is 7.49. The van der Waals surface area contributed by atoms with Crippen molar-refractivity contribution in [3.05, 3.63) is 17.8 Å². The van der Waals surface area contributed by atoms with E-state index in [4.69, 9.17) is 0 Å². The van der Waals surface area contributed by atoms with E-state index in [1.807, 2.05) is 17.3 Å². The Labute approximate surface area is 158 Å². The Balaban J connectivity index is 0.00000182. The van der Waals surface area contributed by atoms with Gasteiger partial charge in [-0.25, -0.2) is 9.97 Å². The van der Waals surface area contributed by atoms with Crippen LogP contribution in [-0.4, -0.2) is 59.5 Å². The summed E-state index contributed by atoms with van der Waals surface area (Å²) in [5.74, 6) is 1.17. The van der Waals surface area contributed by atoms with Gasteiger partial charge in [-0.15, -0.1) is 23.7 Å². The fourth-order valence-electron chi connectivity index (χ4n) is 3.91. The summed E-state index contributed by atoms with van der Waals surface area (Å²) in [6, 6.07) is 2.39. The minimum atomic E-state index is -0.0846. The van der Waals surface area contributed by atoms with Crippen molar-refractivity contribution in [3.63, 3.8) is 0 Å². The van der Waals surface area contributed by atoms with Crippen LogP contribution in [0.5, 0.6) is 0 Å². The molecule has 2 aromatic heterocycles. The summed E-state index contributed by atoms with van der Waals surface area (Å²) in [4.78, 5) is 27.2. The number of nitrogens with zero attached hydrogens (tertiary/aromatic N) is 4. The van der Waals surface area contributed by atoms with Gasteiger partial charge in [-0.3, -0.25) is 4.79 Å². The molecule has 0 radical (unpaired) electrons. The van der Waals surface area contributed by atoms with Gasteiger partial charge in [-0.05, 0) is 44.2 Å². The summed E-state index contributed by atoms with van der Waals surface area (Å²) >= 11 is 1.62. The molecule has 0 aliphatic carbocycles. The molecule has 0 aromatic carbocycles. The lowest BCUT2D eigenvalue weighted by molar-refractivity contribution is -0.133. The summed E-state index contributed by atoms with van der Waals surface area (Å²) in [5, 5.41) is 6.42. The van der Waals surface area contributed by atoms with Crippen LogP contribution in [0.3, 0.4) is 0 Å². The maximum atomic E-state index is 13.1. The molecule has 0 saturated carbocycles. The van der Waals surface area contributed by atoms with Crippen LogP contribution in [0.2, 0.25) is 0 Å². The number of aromatic nitrogens is 2. The first-order valence-electron chi connectivity index (χ1n) is 8.69. The van der Waals surface area contributed by atoms with Gasteiger partial charge in [-0.1, -0.05) is 0 Å². The highest BCUT2D eigenvalue weighted by molar-refractivity contribution is 7.16. The Kier molecular flexibility index (Phi) is 5.76. The molecule has 136 valence electrons. The van der Waals surface area contributed by atoms with Crippen molar-refractivity contribution in [2.24, 2.45) is 0 Å². The van der Waals surface area contributed by atoms with Crippen LogP contribution in [0, 0.1) is 0 Å².